The molecule has 0 fully saturated rings. The Bertz CT molecular complexity index is 9260. The second-order valence-electron chi connectivity index (χ2n) is 35.6. The van der Waals surface area contributed by atoms with Crippen molar-refractivity contribution in [2.45, 2.75) is 10.8 Å². The third kappa shape index (κ3) is 11.7. The number of pyridine rings is 6. The van der Waals surface area contributed by atoms with E-state index in [1.54, 1.807) is 0 Å². The van der Waals surface area contributed by atoms with Crippen molar-refractivity contribution in [1.82, 2.24) is 29.9 Å². The Morgan fingerprint density at radius 2 is 0.515 bits per heavy atom. The molecule has 6 aromatic heterocycles. The fraction of sp³-hybridized carbons (Fsp3) is 0.0156. The highest BCUT2D eigenvalue weighted by molar-refractivity contribution is 6.26. The summed E-state index contributed by atoms with van der Waals surface area (Å²) < 4.78 is 0. The maximum Gasteiger partial charge on any atom is 0.0970 e. The van der Waals surface area contributed by atoms with E-state index in [0.29, 0.717) is 0 Å². The Morgan fingerprint density at radius 1 is 0.157 bits per heavy atom. The lowest BCUT2D eigenvalue weighted by Gasteiger charge is -2.34. The number of hydrogen-bond donors (Lipinski definition) is 0. The summed E-state index contributed by atoms with van der Waals surface area (Å²) in [5.41, 5.74) is 33.4. The van der Waals surface area contributed by atoms with Gasteiger partial charge in [-0.3, -0.25) is 19.9 Å². The van der Waals surface area contributed by atoms with E-state index >= 15 is 0 Å². The molecule has 6 heterocycles. The van der Waals surface area contributed by atoms with Crippen molar-refractivity contribution in [3.05, 3.63) is 518 Å². The molecule has 2 aliphatic carbocycles. The summed E-state index contributed by atoms with van der Waals surface area (Å²) in [4.78, 5) is 30.2. The predicted octanol–water partition coefficient (Wildman–Crippen LogP) is 32.3. The maximum atomic E-state index is 5.56. The van der Waals surface area contributed by atoms with Crippen molar-refractivity contribution in [3.8, 4) is 89.3 Å². The van der Waals surface area contributed by atoms with Gasteiger partial charge in [0.05, 0.1) is 55.3 Å². The Kier molecular flexibility index (Phi) is 17.4. The number of para-hydroxylation sites is 2. The van der Waals surface area contributed by atoms with Gasteiger partial charge in [0, 0.05) is 79.0 Å². The van der Waals surface area contributed by atoms with Crippen molar-refractivity contribution in [3.63, 3.8) is 0 Å². The highest BCUT2D eigenvalue weighted by Gasteiger charge is 2.48. The van der Waals surface area contributed by atoms with E-state index in [9.17, 15) is 0 Å². The first-order chi connectivity index (χ1) is 66.5. The molecule has 0 radical (unpaired) electrons. The van der Waals surface area contributed by atoms with Gasteiger partial charge in [0.2, 0.25) is 0 Å². The number of nitrogens with zero attached hydrogens (tertiary/aromatic N) is 6. The van der Waals surface area contributed by atoms with Crippen LogP contribution in [0.25, 0.3) is 219 Å². The van der Waals surface area contributed by atoms with E-state index < -0.39 is 10.8 Å². The van der Waals surface area contributed by atoms with Crippen LogP contribution in [0.4, 0.5) is 0 Å². The zero-order valence-electron chi connectivity index (χ0n) is 72.7. The minimum atomic E-state index is -0.506. The molecular weight excluding hydrogens is 1620 g/mol. The molecule has 0 aliphatic heterocycles. The lowest BCUT2D eigenvalue weighted by atomic mass is 9.67. The van der Waals surface area contributed by atoms with Crippen LogP contribution >= 0.6 is 0 Å². The van der Waals surface area contributed by atoms with Crippen LogP contribution < -0.4 is 0 Å². The van der Waals surface area contributed by atoms with Gasteiger partial charge in [-0.2, -0.15) is 0 Å². The third-order valence-electron chi connectivity index (χ3n) is 28.7. The lowest BCUT2D eigenvalue weighted by molar-refractivity contribution is 0.769. The second kappa shape index (κ2) is 30.5. The zero-order chi connectivity index (χ0) is 88.1. The molecule has 6 heteroatoms. The van der Waals surface area contributed by atoms with Crippen molar-refractivity contribution in [1.29, 1.82) is 0 Å². The van der Waals surface area contributed by atoms with Gasteiger partial charge in [0.25, 0.3) is 0 Å². The summed E-state index contributed by atoms with van der Waals surface area (Å²) in [5.74, 6) is 0. The first kappa shape index (κ1) is 76.5. The van der Waals surface area contributed by atoms with Gasteiger partial charge in [-0.25, -0.2) is 9.97 Å². The highest BCUT2D eigenvalue weighted by Crippen LogP contribution is 2.61. The molecule has 0 atom stereocenters. The molecule has 0 N–H and O–H groups in total. The van der Waals surface area contributed by atoms with E-state index in [1.807, 2.05) is 49.1 Å². The first-order valence-corrected chi connectivity index (χ1v) is 46.0. The van der Waals surface area contributed by atoms with E-state index in [1.165, 1.54) is 143 Å². The average molecular weight is 1700 g/mol. The number of hydrogen-bond acceptors (Lipinski definition) is 6. The fourth-order valence-corrected chi connectivity index (χ4v) is 23.0. The molecule has 26 aromatic rings. The monoisotopic (exact) mass is 1700 g/mol. The lowest BCUT2D eigenvalue weighted by Crippen LogP contribution is -2.28. The van der Waals surface area contributed by atoms with Crippen LogP contribution in [0.3, 0.4) is 0 Å². The summed E-state index contributed by atoms with van der Waals surface area (Å²) in [6.45, 7) is 0. The standard InChI is InChI=1S/2C64H39N3/c1-3-17-47(18-4-1)64(48-19-5-2-6-20-48)58-24-9-7-21-51(58)56-38-57-55(39-59(56)64)52-22-8-10-25-60(52)67-61(57)45-15-11-14-40(35-45)41-28-30-49-42(34-41)26-27-43-36-44(29-31-50(43)49)54-37-46-16-12-32-65-62(46)63-53(54)23-13-33-66-63;1-3-21-43(22-4-1)64(44-23-5-2-6-24-44)56-32-13-11-25-45(56)53-38-55-52(39-57(53)64)46-26-12-14-33-58(46)67-61(55)41-19-15-18-40(36-41)59-47-27-7-9-29-49(47)60(50-30-10-8-28-48(50)59)54-37-42-20-16-34-65-62(42)63-51(54)31-17-35-66-63/h2*1-39H. The Morgan fingerprint density at radius 3 is 1.00 bits per heavy atom. The van der Waals surface area contributed by atoms with Crippen LogP contribution in [-0.4, -0.2) is 29.9 Å². The second-order valence-corrected chi connectivity index (χ2v) is 35.6. The maximum absolute atomic E-state index is 5.56. The number of rotatable bonds is 10. The smallest absolute Gasteiger partial charge is 0.0970 e. The van der Waals surface area contributed by atoms with Gasteiger partial charge in [-0.1, -0.05) is 352 Å². The molecule has 620 valence electrons. The zero-order valence-corrected chi connectivity index (χ0v) is 72.7. The normalized spacial score (nSPS) is 12.9. The summed E-state index contributed by atoms with van der Waals surface area (Å²) >= 11 is 0. The third-order valence-corrected chi connectivity index (χ3v) is 28.7. The van der Waals surface area contributed by atoms with Gasteiger partial charge >= 0.3 is 0 Å². The van der Waals surface area contributed by atoms with Crippen molar-refractivity contribution in [2.24, 2.45) is 0 Å². The molecule has 0 unspecified atom stereocenters. The molecular formula is C128H78N6. The molecule has 0 amide bonds. The molecule has 6 nitrogen and oxygen atoms in total. The summed E-state index contributed by atoms with van der Waals surface area (Å²) in [5, 5.41) is 21.0. The van der Waals surface area contributed by atoms with Crippen molar-refractivity contribution < 1.29 is 0 Å². The van der Waals surface area contributed by atoms with Gasteiger partial charge in [0.1, 0.15) is 0 Å². The summed E-state index contributed by atoms with van der Waals surface area (Å²) in [6.07, 6.45) is 7.42. The first-order valence-electron chi connectivity index (χ1n) is 46.0. The van der Waals surface area contributed by atoms with E-state index in [4.69, 9.17) is 24.9 Å². The molecule has 28 rings (SSSR count). The molecule has 0 bridgehead atoms. The average Bonchev–Trinajstić information content (AvgIpc) is 1.52. The van der Waals surface area contributed by atoms with Gasteiger partial charge in [-0.05, 0) is 262 Å². The van der Waals surface area contributed by atoms with E-state index in [2.05, 4.69) is 430 Å². The van der Waals surface area contributed by atoms with Gasteiger partial charge < -0.3 is 0 Å². The molecule has 0 saturated carbocycles. The van der Waals surface area contributed by atoms with E-state index in [-0.39, 0.29) is 0 Å². The predicted molar refractivity (Wildman–Crippen MR) is 557 cm³/mol. The number of benzene rings is 20. The Labute approximate surface area is 772 Å². The van der Waals surface area contributed by atoms with Crippen LogP contribution in [-0.2, 0) is 10.8 Å². The molecule has 20 aromatic carbocycles. The minimum Gasteiger partial charge on any atom is -0.254 e. The minimum absolute atomic E-state index is 0.488. The molecule has 134 heavy (non-hydrogen) atoms. The van der Waals surface area contributed by atoms with Gasteiger partial charge in [-0.15, -0.1) is 0 Å². The molecule has 2 aliphatic rings. The van der Waals surface area contributed by atoms with Crippen LogP contribution in [0.15, 0.2) is 474 Å². The molecule has 0 saturated heterocycles. The quantitative estimate of drug-likeness (QED) is 0.100. The topological polar surface area (TPSA) is 77.3 Å². The van der Waals surface area contributed by atoms with Crippen molar-refractivity contribution in [2.75, 3.05) is 0 Å². The van der Waals surface area contributed by atoms with Crippen LogP contribution in [0.5, 0.6) is 0 Å². The fourth-order valence-electron chi connectivity index (χ4n) is 23.0. The van der Waals surface area contributed by atoms with Crippen LogP contribution in [0.1, 0.15) is 44.5 Å². The summed E-state index contributed by atoms with van der Waals surface area (Å²) in [7, 11) is 0. The van der Waals surface area contributed by atoms with Crippen LogP contribution in [0, 0.1) is 0 Å². The SMILES string of the molecule is c1ccc(C2(c3ccccc3)c3ccccc3-c3cc4c(-c5cccc(-c6c7ccccc7c(-c7cc8cccnc8c8ncccc78)c7ccccc67)c5)nc5ccccc5c4cc32)cc1.c1ccc(C2(c3ccccc3)c3ccccc3-c3cc4c(-c5cccc(-c6ccc7c(ccc8cc(-c9cc%10cccnc%10c%10ncccc9%10)ccc87)c6)c5)nc5ccccc5c4cc32)cc1. The largest absolute Gasteiger partial charge is 0.254 e. The van der Waals surface area contributed by atoms with Crippen molar-refractivity contribution >= 4 is 130 Å². The van der Waals surface area contributed by atoms with Gasteiger partial charge in [0.15, 0.2) is 0 Å². The van der Waals surface area contributed by atoms with Crippen LogP contribution in [0.2, 0.25) is 0 Å². The Hall–Kier alpha value is -17.6. The number of fused-ring (bicyclic) bond motifs is 23. The molecule has 0 spiro atoms. The highest BCUT2D eigenvalue weighted by atomic mass is 14.7. The number of aromatic nitrogens is 6. The van der Waals surface area contributed by atoms with E-state index in [0.717, 1.165) is 121 Å². The summed E-state index contributed by atoms with van der Waals surface area (Å²) in [6, 6.07) is 165. The Balaban J connectivity index is 0.000000136.